The molecule has 0 aliphatic rings. The maximum atomic E-state index is 13.3. The van der Waals surface area contributed by atoms with Gasteiger partial charge in [-0.3, -0.25) is 14.4 Å². The summed E-state index contributed by atoms with van der Waals surface area (Å²) in [5.74, 6) is -3.74. The number of benzene rings is 1. The van der Waals surface area contributed by atoms with Crippen LogP contribution in [0, 0.1) is 0 Å². The molecule has 0 fully saturated rings. The van der Waals surface area contributed by atoms with Crippen LogP contribution in [0.2, 0.25) is 0 Å². The van der Waals surface area contributed by atoms with Crippen molar-refractivity contribution in [3.63, 3.8) is 0 Å². The number of rotatable bonds is 13. The zero-order valence-electron chi connectivity index (χ0n) is 23.5. The normalized spacial score (nSPS) is 15.7. The van der Waals surface area contributed by atoms with Gasteiger partial charge in [-0.25, -0.2) is 9.59 Å². The van der Waals surface area contributed by atoms with E-state index >= 15 is 0 Å². The fraction of sp³-hybridized carbons (Fsp3) is 0.577. The first-order chi connectivity index (χ1) is 18.6. The minimum atomic E-state index is -1.59. The van der Waals surface area contributed by atoms with Crippen molar-refractivity contribution in [1.82, 2.24) is 21.3 Å². The monoisotopic (exact) mass is 568 g/mol. The number of hydrogen-bond donors (Lipinski definition) is 7. The Hall–Kier alpha value is -3.75. The van der Waals surface area contributed by atoms with Crippen LogP contribution >= 0.6 is 0 Å². The van der Waals surface area contributed by atoms with Crippen molar-refractivity contribution in [2.75, 3.05) is 13.7 Å². The quantitative estimate of drug-likeness (QED) is 0.137. The fourth-order valence-electron chi connectivity index (χ4n) is 3.40. The number of ether oxygens (including phenoxy) is 2. The smallest absolute Gasteiger partial charge is 0.408 e. The highest BCUT2D eigenvalue weighted by Crippen LogP contribution is 2.09. The second-order valence-corrected chi connectivity index (χ2v) is 10.1. The molecule has 0 saturated carbocycles. The highest BCUT2D eigenvalue weighted by molar-refractivity contribution is 5.95. The molecule has 7 N–H and O–H groups in total. The zero-order valence-corrected chi connectivity index (χ0v) is 23.5. The lowest BCUT2D eigenvalue weighted by Gasteiger charge is -2.28. The minimum absolute atomic E-state index is 0.0625. The molecule has 14 nitrogen and oxygen atoms in total. The Morgan fingerprint density at radius 2 is 1.30 bits per heavy atom. The Morgan fingerprint density at radius 3 is 1.75 bits per heavy atom. The van der Waals surface area contributed by atoms with E-state index in [9.17, 15) is 39.3 Å². The summed E-state index contributed by atoms with van der Waals surface area (Å²) in [6, 6.07) is 2.69. The van der Waals surface area contributed by atoms with Gasteiger partial charge >= 0.3 is 12.1 Å². The molecule has 0 aromatic heterocycles. The van der Waals surface area contributed by atoms with E-state index in [4.69, 9.17) is 4.74 Å². The molecular weight excluding hydrogens is 528 g/mol. The number of aliphatic hydroxyl groups is 3. The predicted molar refractivity (Wildman–Crippen MR) is 142 cm³/mol. The maximum absolute atomic E-state index is 13.3. The molecule has 224 valence electrons. The predicted octanol–water partition coefficient (Wildman–Crippen LogP) is -1.50. The summed E-state index contributed by atoms with van der Waals surface area (Å²) in [4.78, 5) is 63.2. The molecule has 6 atom stereocenters. The van der Waals surface area contributed by atoms with E-state index in [2.05, 4.69) is 26.0 Å². The Balaban J connectivity index is 3.18. The number of methoxy groups -OCH3 is 1. The van der Waals surface area contributed by atoms with Gasteiger partial charge in [0.15, 0.2) is 6.04 Å². The summed E-state index contributed by atoms with van der Waals surface area (Å²) in [5, 5.41) is 39.0. The van der Waals surface area contributed by atoms with E-state index in [1.54, 1.807) is 51.1 Å². The van der Waals surface area contributed by atoms with Crippen molar-refractivity contribution in [1.29, 1.82) is 0 Å². The minimum Gasteiger partial charge on any atom is -0.467 e. The maximum Gasteiger partial charge on any atom is 0.408 e. The van der Waals surface area contributed by atoms with Crippen molar-refractivity contribution in [3.8, 4) is 0 Å². The number of hydrogen-bond acceptors (Lipinski definition) is 10. The molecule has 0 unspecified atom stereocenters. The van der Waals surface area contributed by atoms with Gasteiger partial charge in [-0.05, 0) is 40.2 Å². The molecule has 1 rings (SSSR count). The molecule has 0 spiro atoms. The van der Waals surface area contributed by atoms with Gasteiger partial charge in [0.1, 0.15) is 23.7 Å². The first kappa shape index (κ1) is 34.3. The van der Waals surface area contributed by atoms with Crippen molar-refractivity contribution >= 4 is 29.8 Å². The van der Waals surface area contributed by atoms with E-state index in [1.807, 2.05) is 0 Å². The molecule has 0 aliphatic heterocycles. The number of esters is 1. The third-order valence-corrected chi connectivity index (χ3v) is 5.40. The van der Waals surface area contributed by atoms with Crippen LogP contribution in [0.4, 0.5) is 4.79 Å². The molecule has 1 aromatic carbocycles. The zero-order chi connectivity index (χ0) is 30.6. The van der Waals surface area contributed by atoms with Gasteiger partial charge < -0.3 is 46.1 Å². The van der Waals surface area contributed by atoms with Crippen molar-refractivity contribution in [2.45, 2.75) is 83.0 Å². The summed E-state index contributed by atoms with van der Waals surface area (Å²) >= 11 is 0. The highest BCUT2D eigenvalue weighted by atomic mass is 16.6. The third kappa shape index (κ3) is 11.6. The summed E-state index contributed by atoms with van der Waals surface area (Å²) in [5.41, 5.74) is -0.250. The van der Waals surface area contributed by atoms with Crippen LogP contribution in [-0.4, -0.2) is 101 Å². The Bertz CT molecular complexity index is 1010. The van der Waals surface area contributed by atoms with E-state index in [0.29, 0.717) is 5.56 Å². The second kappa shape index (κ2) is 15.7. The molecule has 0 heterocycles. The summed E-state index contributed by atoms with van der Waals surface area (Å²) in [6.07, 6.45) is -3.86. The number of carbonyl (C=O) groups is 5. The number of nitrogens with one attached hydrogen (secondary N) is 4. The fourth-order valence-corrected chi connectivity index (χ4v) is 3.40. The van der Waals surface area contributed by atoms with Gasteiger partial charge in [0.2, 0.25) is 17.7 Å². The summed E-state index contributed by atoms with van der Waals surface area (Å²) in [6.45, 7) is 6.54. The van der Waals surface area contributed by atoms with E-state index in [0.717, 1.165) is 7.11 Å². The molecular formula is C26H40N4O10. The van der Waals surface area contributed by atoms with Crippen molar-refractivity contribution < 1.29 is 48.8 Å². The Morgan fingerprint density at radius 1 is 0.800 bits per heavy atom. The number of amides is 4. The topological polar surface area (TPSA) is 213 Å². The lowest BCUT2D eigenvalue weighted by Crippen LogP contribution is -2.61. The van der Waals surface area contributed by atoms with Crippen LogP contribution in [0.1, 0.15) is 40.2 Å². The van der Waals surface area contributed by atoms with E-state index in [1.165, 1.54) is 13.8 Å². The largest absolute Gasteiger partial charge is 0.467 e. The first-order valence-corrected chi connectivity index (χ1v) is 12.6. The second-order valence-electron chi connectivity index (χ2n) is 10.1. The average Bonchev–Trinajstić information content (AvgIpc) is 2.86. The van der Waals surface area contributed by atoms with Gasteiger partial charge in [0.25, 0.3) is 0 Å². The molecule has 1 aromatic rings. The van der Waals surface area contributed by atoms with Crippen LogP contribution in [0.3, 0.4) is 0 Å². The first-order valence-electron chi connectivity index (χ1n) is 12.6. The summed E-state index contributed by atoms with van der Waals surface area (Å²) in [7, 11) is 1.06. The van der Waals surface area contributed by atoms with Crippen LogP contribution in [0.25, 0.3) is 0 Å². The van der Waals surface area contributed by atoms with Crippen LogP contribution in [0.5, 0.6) is 0 Å². The van der Waals surface area contributed by atoms with E-state index < -0.39 is 78.4 Å². The SMILES string of the molecule is COC(=O)[C@H](CO)NC(=O)[C@@H](NC(=O)[C@H](Cc1ccccc1)NC(=O)[C@@H](NC(=O)OC(C)(C)C)[C@@H](C)O)[C@@H](C)O. The third-order valence-electron chi connectivity index (χ3n) is 5.40. The molecule has 14 heteroatoms. The number of alkyl carbamates (subject to hydrolysis) is 1. The van der Waals surface area contributed by atoms with Gasteiger partial charge in [-0.2, -0.15) is 0 Å². The van der Waals surface area contributed by atoms with Crippen LogP contribution in [0.15, 0.2) is 30.3 Å². The van der Waals surface area contributed by atoms with Crippen molar-refractivity contribution in [3.05, 3.63) is 35.9 Å². The Kier molecular flexibility index (Phi) is 13.5. The standard InChI is InChI=1S/C26H40N4O10/c1-14(32)19(22(35)28-18(13-31)24(37)39-6)29-21(34)17(12-16-10-8-7-9-11-16)27-23(36)20(15(2)33)30-25(38)40-26(3,4)5/h7-11,14-15,17-20,31-33H,12-13H2,1-6H3,(H,27,36)(H,28,35)(H,29,34)(H,30,38)/t14-,15-,17+,18+,19+,20+/m1/s1. The lowest BCUT2D eigenvalue weighted by molar-refractivity contribution is -0.147. The van der Waals surface area contributed by atoms with Gasteiger partial charge in [0.05, 0.1) is 25.9 Å². The Labute approximate surface area is 232 Å². The summed E-state index contributed by atoms with van der Waals surface area (Å²) < 4.78 is 9.64. The van der Waals surface area contributed by atoms with Gasteiger partial charge in [-0.15, -0.1) is 0 Å². The van der Waals surface area contributed by atoms with Crippen LogP contribution < -0.4 is 21.3 Å². The molecule has 4 amide bonds. The number of aliphatic hydroxyl groups excluding tert-OH is 3. The molecule has 0 radical (unpaired) electrons. The van der Waals surface area contributed by atoms with Gasteiger partial charge in [0, 0.05) is 6.42 Å². The molecule has 40 heavy (non-hydrogen) atoms. The van der Waals surface area contributed by atoms with Gasteiger partial charge in [-0.1, -0.05) is 30.3 Å². The van der Waals surface area contributed by atoms with E-state index in [-0.39, 0.29) is 6.42 Å². The molecule has 0 bridgehead atoms. The molecule has 0 aliphatic carbocycles. The highest BCUT2D eigenvalue weighted by Gasteiger charge is 2.35. The molecule has 0 saturated heterocycles. The number of carbonyl (C=O) groups excluding carboxylic acids is 5. The van der Waals surface area contributed by atoms with Crippen LogP contribution in [-0.2, 0) is 35.1 Å². The average molecular weight is 569 g/mol. The lowest BCUT2D eigenvalue weighted by atomic mass is 10.0. The van der Waals surface area contributed by atoms with Crippen molar-refractivity contribution in [2.24, 2.45) is 0 Å².